The molecule has 0 fully saturated rings. The van der Waals surface area contributed by atoms with Gasteiger partial charge < -0.3 is 15.6 Å². The van der Waals surface area contributed by atoms with Crippen LogP contribution in [-0.2, 0) is 0 Å². The van der Waals surface area contributed by atoms with Crippen LogP contribution in [0.4, 0.5) is 10.1 Å². The molecule has 1 heterocycles. The Bertz CT molecular complexity index is 649. The maximum absolute atomic E-state index is 12.9. The predicted molar refractivity (Wildman–Crippen MR) is 69.8 cm³/mol. The molecule has 0 aliphatic rings. The SMILES string of the molecule is Nc1c(C(=O)O)ccnc1Oc1ccc(F)cc1Br. The van der Waals surface area contributed by atoms with E-state index in [1.54, 1.807) is 0 Å². The van der Waals surface area contributed by atoms with E-state index in [0.717, 1.165) is 0 Å². The fourth-order valence-corrected chi connectivity index (χ4v) is 1.82. The first-order chi connectivity index (χ1) is 8.99. The quantitative estimate of drug-likeness (QED) is 0.905. The number of rotatable bonds is 3. The van der Waals surface area contributed by atoms with Crippen LogP contribution < -0.4 is 10.5 Å². The number of anilines is 1. The van der Waals surface area contributed by atoms with Crippen LogP contribution >= 0.6 is 15.9 Å². The van der Waals surface area contributed by atoms with E-state index in [2.05, 4.69) is 20.9 Å². The van der Waals surface area contributed by atoms with Crippen LogP contribution in [0.15, 0.2) is 34.9 Å². The molecular formula is C12H8BrFN2O3. The molecule has 2 rings (SSSR count). The lowest BCUT2D eigenvalue weighted by Crippen LogP contribution is -2.05. The second-order valence-electron chi connectivity index (χ2n) is 3.56. The first-order valence-electron chi connectivity index (χ1n) is 5.09. The molecule has 1 aromatic carbocycles. The zero-order valence-corrected chi connectivity index (χ0v) is 11.0. The van der Waals surface area contributed by atoms with Gasteiger partial charge in [0.1, 0.15) is 17.3 Å². The van der Waals surface area contributed by atoms with Gasteiger partial charge in [0.2, 0.25) is 5.88 Å². The average molecular weight is 327 g/mol. The Balaban J connectivity index is 2.38. The molecule has 1 aromatic heterocycles. The van der Waals surface area contributed by atoms with E-state index in [1.165, 1.54) is 30.5 Å². The molecule has 5 nitrogen and oxygen atoms in total. The van der Waals surface area contributed by atoms with Crippen LogP contribution in [0.25, 0.3) is 0 Å². The molecule has 3 N–H and O–H groups in total. The van der Waals surface area contributed by atoms with E-state index < -0.39 is 11.8 Å². The highest BCUT2D eigenvalue weighted by molar-refractivity contribution is 9.10. The fraction of sp³-hybridized carbons (Fsp3) is 0. The van der Waals surface area contributed by atoms with Crippen molar-refractivity contribution in [2.24, 2.45) is 0 Å². The molecule has 0 unspecified atom stereocenters. The Labute approximate surface area is 116 Å². The Morgan fingerprint density at radius 3 is 2.79 bits per heavy atom. The maximum Gasteiger partial charge on any atom is 0.338 e. The largest absolute Gasteiger partial charge is 0.478 e. The summed E-state index contributed by atoms with van der Waals surface area (Å²) in [5.41, 5.74) is 5.45. The standard InChI is InChI=1S/C12H8BrFN2O3/c13-8-5-6(14)1-2-9(8)19-11-10(15)7(12(17)18)3-4-16-11/h1-5H,15H2,(H,17,18). The molecule has 7 heteroatoms. The number of halogens is 2. The van der Waals surface area contributed by atoms with Crippen molar-refractivity contribution in [3.8, 4) is 11.6 Å². The molecule has 0 bridgehead atoms. The van der Waals surface area contributed by atoms with Gasteiger partial charge in [-0.25, -0.2) is 14.2 Å². The summed E-state index contributed by atoms with van der Waals surface area (Å²) in [6, 6.07) is 5.07. The van der Waals surface area contributed by atoms with E-state index >= 15 is 0 Å². The van der Waals surface area contributed by atoms with Crippen LogP contribution in [0.1, 0.15) is 10.4 Å². The normalized spacial score (nSPS) is 10.2. The van der Waals surface area contributed by atoms with Gasteiger partial charge in [0.05, 0.1) is 10.0 Å². The summed E-state index contributed by atoms with van der Waals surface area (Å²) < 4.78 is 18.7. The van der Waals surface area contributed by atoms with Crippen molar-refractivity contribution in [3.05, 3.63) is 46.3 Å². The third-order valence-electron chi connectivity index (χ3n) is 2.28. The number of nitrogen functional groups attached to an aromatic ring is 1. The fourth-order valence-electron chi connectivity index (χ4n) is 1.38. The Hall–Kier alpha value is -2.15. The molecule has 0 aliphatic heterocycles. The summed E-state index contributed by atoms with van der Waals surface area (Å²) >= 11 is 3.13. The van der Waals surface area contributed by atoms with E-state index in [4.69, 9.17) is 15.6 Å². The highest BCUT2D eigenvalue weighted by Gasteiger charge is 2.15. The van der Waals surface area contributed by atoms with E-state index in [1.807, 2.05) is 0 Å². The van der Waals surface area contributed by atoms with Gasteiger partial charge in [-0.1, -0.05) is 0 Å². The molecule has 0 radical (unpaired) electrons. The lowest BCUT2D eigenvalue weighted by atomic mass is 10.2. The van der Waals surface area contributed by atoms with Crippen LogP contribution in [0.5, 0.6) is 11.6 Å². The number of hydrogen-bond donors (Lipinski definition) is 2. The van der Waals surface area contributed by atoms with Crippen molar-refractivity contribution in [2.75, 3.05) is 5.73 Å². The predicted octanol–water partition coefficient (Wildman–Crippen LogP) is 3.06. The van der Waals surface area contributed by atoms with Crippen molar-refractivity contribution in [3.63, 3.8) is 0 Å². The van der Waals surface area contributed by atoms with Crippen molar-refractivity contribution in [2.45, 2.75) is 0 Å². The smallest absolute Gasteiger partial charge is 0.338 e. The number of nitrogens with two attached hydrogens (primary N) is 1. The number of aromatic nitrogens is 1. The molecule has 0 amide bonds. The number of hydrogen-bond acceptors (Lipinski definition) is 4. The van der Waals surface area contributed by atoms with Gasteiger partial charge in [-0.2, -0.15) is 0 Å². The lowest BCUT2D eigenvalue weighted by Gasteiger charge is -2.10. The molecule has 0 atom stereocenters. The highest BCUT2D eigenvalue weighted by Crippen LogP contribution is 2.32. The van der Waals surface area contributed by atoms with Crippen molar-refractivity contribution in [1.29, 1.82) is 0 Å². The molecule has 0 saturated carbocycles. The minimum Gasteiger partial charge on any atom is -0.478 e. The molecule has 98 valence electrons. The van der Waals surface area contributed by atoms with E-state index in [0.29, 0.717) is 4.47 Å². The van der Waals surface area contributed by atoms with Crippen LogP contribution in [0.3, 0.4) is 0 Å². The van der Waals surface area contributed by atoms with Crippen LogP contribution in [0.2, 0.25) is 0 Å². The number of carbonyl (C=O) groups is 1. The van der Waals surface area contributed by atoms with Crippen LogP contribution in [0, 0.1) is 5.82 Å². The first kappa shape index (κ1) is 13.3. The number of carboxylic acids is 1. The third-order valence-corrected chi connectivity index (χ3v) is 2.90. The average Bonchev–Trinajstić information content (AvgIpc) is 2.34. The van der Waals surface area contributed by atoms with Gasteiger partial charge in [-0.15, -0.1) is 0 Å². The highest BCUT2D eigenvalue weighted by atomic mass is 79.9. The molecule has 19 heavy (non-hydrogen) atoms. The van der Waals surface area contributed by atoms with E-state index in [-0.39, 0.29) is 22.9 Å². The minimum absolute atomic E-state index is 0.0489. The molecule has 2 aromatic rings. The van der Waals surface area contributed by atoms with Gasteiger partial charge >= 0.3 is 5.97 Å². The Kier molecular flexibility index (Phi) is 3.66. The number of carboxylic acid groups (broad SMARTS) is 1. The zero-order chi connectivity index (χ0) is 14.0. The zero-order valence-electron chi connectivity index (χ0n) is 9.43. The number of benzene rings is 1. The summed E-state index contributed by atoms with van der Waals surface area (Å²) in [4.78, 5) is 14.8. The molecule has 0 aliphatic carbocycles. The van der Waals surface area contributed by atoms with Gasteiger partial charge in [-0.05, 0) is 40.2 Å². The van der Waals surface area contributed by atoms with Crippen molar-refractivity contribution < 1.29 is 19.0 Å². The van der Waals surface area contributed by atoms with Gasteiger partial charge in [-0.3, -0.25) is 0 Å². The van der Waals surface area contributed by atoms with Crippen LogP contribution in [-0.4, -0.2) is 16.1 Å². The maximum atomic E-state index is 12.9. The topological polar surface area (TPSA) is 85.4 Å². The summed E-state index contributed by atoms with van der Waals surface area (Å²) in [6.07, 6.45) is 1.27. The summed E-state index contributed by atoms with van der Waals surface area (Å²) in [5, 5.41) is 8.92. The number of pyridine rings is 1. The van der Waals surface area contributed by atoms with Crippen molar-refractivity contribution >= 4 is 27.6 Å². The number of aromatic carboxylic acids is 1. The summed E-state index contributed by atoms with van der Waals surface area (Å²) in [6.45, 7) is 0. The molecule has 0 saturated heterocycles. The summed E-state index contributed by atoms with van der Waals surface area (Å²) in [7, 11) is 0. The first-order valence-corrected chi connectivity index (χ1v) is 5.89. The second kappa shape index (κ2) is 5.23. The van der Waals surface area contributed by atoms with Gasteiger partial charge in [0, 0.05) is 6.20 Å². The minimum atomic E-state index is -1.18. The number of ether oxygens (including phenoxy) is 1. The van der Waals surface area contributed by atoms with Crippen molar-refractivity contribution in [1.82, 2.24) is 4.98 Å². The monoisotopic (exact) mass is 326 g/mol. The molecular weight excluding hydrogens is 319 g/mol. The Morgan fingerprint density at radius 1 is 1.42 bits per heavy atom. The van der Waals surface area contributed by atoms with Gasteiger partial charge in [0.25, 0.3) is 0 Å². The third kappa shape index (κ3) is 2.82. The number of nitrogens with zero attached hydrogens (tertiary/aromatic N) is 1. The summed E-state index contributed by atoms with van der Waals surface area (Å²) in [5.74, 6) is -1.38. The Morgan fingerprint density at radius 2 is 2.16 bits per heavy atom. The van der Waals surface area contributed by atoms with E-state index in [9.17, 15) is 9.18 Å². The lowest BCUT2D eigenvalue weighted by molar-refractivity contribution is 0.0697. The molecule has 0 spiro atoms. The second-order valence-corrected chi connectivity index (χ2v) is 4.41. The van der Waals surface area contributed by atoms with Gasteiger partial charge in [0.15, 0.2) is 0 Å².